The van der Waals surface area contributed by atoms with Crippen molar-refractivity contribution in [2.24, 2.45) is 23.2 Å². The van der Waals surface area contributed by atoms with E-state index in [-0.39, 0.29) is 0 Å². The Morgan fingerprint density at radius 1 is 1.04 bits per heavy atom. The molecule has 0 aromatic heterocycles. The fourth-order valence-corrected chi connectivity index (χ4v) is 5.38. The van der Waals surface area contributed by atoms with Crippen LogP contribution in [0.5, 0.6) is 0 Å². The Labute approximate surface area is 161 Å². The Balaban J connectivity index is 1.17. The van der Waals surface area contributed by atoms with Gasteiger partial charge in [-0.2, -0.15) is 0 Å². The van der Waals surface area contributed by atoms with E-state index in [9.17, 15) is 0 Å². The molecule has 0 aliphatic heterocycles. The lowest BCUT2D eigenvalue weighted by molar-refractivity contribution is -0.111. The van der Waals surface area contributed by atoms with Gasteiger partial charge in [0.05, 0.1) is 0 Å². The number of rotatable bonds is 11. The number of fused-ring (bicyclic) bond motifs is 2. The Hall–Kier alpha value is -0.860. The van der Waals surface area contributed by atoms with Gasteiger partial charge in [-0.05, 0) is 87.3 Å². The maximum absolute atomic E-state index is 5.96. The molecule has 3 aliphatic rings. The predicted molar refractivity (Wildman–Crippen MR) is 110 cm³/mol. The second kappa shape index (κ2) is 9.37. The standard InChI is InChI=1S/C24H39NO/c1-24(2)22-13-12-21(23(24)18-22)14-17-26-16-9-5-8-15-25(3)19-20-10-6-4-7-11-20/h4,6-7,10-11,21-23H,5,8-9,12-19H2,1-3H3/t21-,22-,23+/m0/s1. The van der Waals surface area contributed by atoms with Crippen molar-refractivity contribution in [2.75, 3.05) is 26.8 Å². The largest absolute Gasteiger partial charge is 0.381 e. The van der Waals surface area contributed by atoms with Crippen LogP contribution in [0, 0.1) is 23.2 Å². The molecule has 0 heterocycles. The third-order valence-corrected chi connectivity index (χ3v) is 7.26. The molecule has 0 spiro atoms. The molecule has 2 nitrogen and oxygen atoms in total. The van der Waals surface area contributed by atoms with Gasteiger partial charge >= 0.3 is 0 Å². The summed E-state index contributed by atoms with van der Waals surface area (Å²) >= 11 is 0. The summed E-state index contributed by atoms with van der Waals surface area (Å²) in [5, 5.41) is 0. The molecule has 0 unspecified atom stereocenters. The van der Waals surface area contributed by atoms with Crippen molar-refractivity contribution < 1.29 is 4.74 Å². The van der Waals surface area contributed by atoms with Crippen LogP contribution in [-0.4, -0.2) is 31.7 Å². The first-order chi connectivity index (χ1) is 12.6. The average Bonchev–Trinajstić information content (AvgIpc) is 2.64. The Morgan fingerprint density at radius 2 is 1.85 bits per heavy atom. The molecule has 3 aliphatic carbocycles. The molecule has 2 heteroatoms. The van der Waals surface area contributed by atoms with Gasteiger partial charge in [0, 0.05) is 19.8 Å². The van der Waals surface area contributed by atoms with E-state index in [2.05, 4.69) is 56.1 Å². The minimum Gasteiger partial charge on any atom is -0.381 e. The summed E-state index contributed by atoms with van der Waals surface area (Å²) in [6.45, 7) is 9.15. The summed E-state index contributed by atoms with van der Waals surface area (Å²) in [5.41, 5.74) is 2.02. The lowest BCUT2D eigenvalue weighted by Gasteiger charge is -2.60. The molecule has 1 aromatic rings. The summed E-state index contributed by atoms with van der Waals surface area (Å²) < 4.78 is 5.96. The minimum atomic E-state index is 0.620. The van der Waals surface area contributed by atoms with Crippen LogP contribution >= 0.6 is 0 Å². The Kier molecular flexibility index (Phi) is 7.17. The number of unbranched alkanes of at least 4 members (excludes halogenated alkanes) is 2. The normalized spacial score (nSPS) is 26.7. The summed E-state index contributed by atoms with van der Waals surface area (Å²) in [7, 11) is 2.22. The number of benzene rings is 1. The van der Waals surface area contributed by atoms with Crippen LogP contribution in [0.4, 0.5) is 0 Å². The molecule has 2 bridgehead atoms. The summed E-state index contributed by atoms with van der Waals surface area (Å²) in [6, 6.07) is 10.8. The molecule has 0 N–H and O–H groups in total. The van der Waals surface area contributed by atoms with Gasteiger partial charge in [-0.3, -0.25) is 0 Å². The van der Waals surface area contributed by atoms with Gasteiger partial charge in [-0.15, -0.1) is 0 Å². The molecule has 0 amide bonds. The van der Waals surface area contributed by atoms with Gasteiger partial charge < -0.3 is 9.64 Å². The van der Waals surface area contributed by atoms with Crippen LogP contribution < -0.4 is 0 Å². The van der Waals surface area contributed by atoms with Gasteiger partial charge in [-0.25, -0.2) is 0 Å². The van der Waals surface area contributed by atoms with Crippen LogP contribution in [0.15, 0.2) is 30.3 Å². The highest BCUT2D eigenvalue weighted by Gasteiger charge is 2.53. The second-order valence-electron chi connectivity index (χ2n) is 9.38. The first-order valence-corrected chi connectivity index (χ1v) is 10.9. The Morgan fingerprint density at radius 3 is 2.58 bits per heavy atom. The number of hydrogen-bond acceptors (Lipinski definition) is 2. The van der Waals surface area contributed by atoms with E-state index in [0.717, 1.165) is 37.5 Å². The van der Waals surface area contributed by atoms with Crippen molar-refractivity contribution in [1.82, 2.24) is 4.90 Å². The number of nitrogens with zero attached hydrogens (tertiary/aromatic N) is 1. The smallest absolute Gasteiger partial charge is 0.0468 e. The van der Waals surface area contributed by atoms with E-state index in [1.165, 1.54) is 57.1 Å². The topological polar surface area (TPSA) is 12.5 Å². The SMILES string of the molecule is CN(CCCCCOCC[C@@H]1CC[C@H]2C[C@H]1C2(C)C)Cc1ccccc1. The van der Waals surface area contributed by atoms with Crippen molar-refractivity contribution in [1.29, 1.82) is 0 Å². The highest BCUT2D eigenvalue weighted by molar-refractivity contribution is 5.14. The zero-order valence-electron chi connectivity index (χ0n) is 17.3. The van der Waals surface area contributed by atoms with Crippen LogP contribution in [0.3, 0.4) is 0 Å². The molecule has 3 fully saturated rings. The third kappa shape index (κ3) is 5.10. The van der Waals surface area contributed by atoms with E-state index in [1.807, 2.05) is 0 Å². The average molecular weight is 358 g/mol. The monoisotopic (exact) mass is 357 g/mol. The number of ether oxygens (including phenoxy) is 1. The van der Waals surface area contributed by atoms with E-state index < -0.39 is 0 Å². The highest BCUT2D eigenvalue weighted by atomic mass is 16.5. The molecule has 3 saturated carbocycles. The molecule has 1 aromatic carbocycles. The van der Waals surface area contributed by atoms with Crippen LogP contribution in [0.25, 0.3) is 0 Å². The van der Waals surface area contributed by atoms with Crippen molar-refractivity contribution in [3.8, 4) is 0 Å². The van der Waals surface area contributed by atoms with Gasteiger partial charge in [0.2, 0.25) is 0 Å². The zero-order valence-corrected chi connectivity index (χ0v) is 17.3. The molecule has 3 atom stereocenters. The van der Waals surface area contributed by atoms with E-state index in [4.69, 9.17) is 4.74 Å². The van der Waals surface area contributed by atoms with Gasteiger partial charge in [0.25, 0.3) is 0 Å². The fraction of sp³-hybridized carbons (Fsp3) is 0.750. The highest BCUT2D eigenvalue weighted by Crippen LogP contribution is 2.61. The van der Waals surface area contributed by atoms with Gasteiger partial charge in [-0.1, -0.05) is 44.2 Å². The van der Waals surface area contributed by atoms with E-state index >= 15 is 0 Å². The molecule has 0 radical (unpaired) electrons. The maximum atomic E-state index is 5.96. The quantitative estimate of drug-likeness (QED) is 0.466. The van der Waals surface area contributed by atoms with Crippen LogP contribution in [0.2, 0.25) is 0 Å². The lowest BCUT2D eigenvalue weighted by atomic mass is 9.45. The predicted octanol–water partition coefficient (Wildman–Crippen LogP) is 5.77. The molecule has 146 valence electrons. The minimum absolute atomic E-state index is 0.620. The van der Waals surface area contributed by atoms with Gasteiger partial charge in [0.15, 0.2) is 0 Å². The zero-order chi connectivity index (χ0) is 18.4. The molecule has 26 heavy (non-hydrogen) atoms. The first kappa shape index (κ1) is 19.9. The van der Waals surface area contributed by atoms with Gasteiger partial charge in [0.1, 0.15) is 0 Å². The fourth-order valence-electron chi connectivity index (χ4n) is 5.38. The Bertz CT molecular complexity index is 524. The first-order valence-electron chi connectivity index (χ1n) is 10.9. The summed E-state index contributed by atoms with van der Waals surface area (Å²) in [4.78, 5) is 2.42. The van der Waals surface area contributed by atoms with E-state index in [0.29, 0.717) is 5.41 Å². The van der Waals surface area contributed by atoms with Crippen molar-refractivity contribution >= 4 is 0 Å². The van der Waals surface area contributed by atoms with Crippen molar-refractivity contribution in [3.63, 3.8) is 0 Å². The number of hydrogen-bond donors (Lipinski definition) is 0. The second-order valence-corrected chi connectivity index (χ2v) is 9.38. The molecular formula is C24H39NO. The van der Waals surface area contributed by atoms with E-state index in [1.54, 1.807) is 0 Å². The van der Waals surface area contributed by atoms with Crippen molar-refractivity contribution in [2.45, 2.75) is 65.3 Å². The van der Waals surface area contributed by atoms with Crippen LogP contribution in [-0.2, 0) is 11.3 Å². The third-order valence-electron chi connectivity index (χ3n) is 7.26. The molecule has 4 rings (SSSR count). The summed E-state index contributed by atoms with van der Waals surface area (Å²) in [5.74, 6) is 2.93. The lowest BCUT2D eigenvalue weighted by Crippen LogP contribution is -2.52. The maximum Gasteiger partial charge on any atom is 0.0468 e. The summed E-state index contributed by atoms with van der Waals surface area (Å²) in [6.07, 6.45) is 9.46. The van der Waals surface area contributed by atoms with Crippen molar-refractivity contribution in [3.05, 3.63) is 35.9 Å². The molecule has 0 saturated heterocycles. The molecular weight excluding hydrogens is 318 g/mol. The van der Waals surface area contributed by atoms with Crippen LogP contribution in [0.1, 0.15) is 64.4 Å².